The van der Waals surface area contributed by atoms with Gasteiger partial charge in [0.15, 0.2) is 5.65 Å². The Morgan fingerprint density at radius 1 is 1.12 bits per heavy atom. The lowest BCUT2D eigenvalue weighted by molar-refractivity contribution is -0.116. The van der Waals surface area contributed by atoms with Crippen LogP contribution in [0, 0.1) is 6.92 Å². The standard InChI is InChI=1S/C23H20N8O/c1-15-10-16(4-6-25-15)18-5-7-27-23-19(18)12-29-31(23)14-22(32)30-17-2-3-20(28-11-17)21-13-24-8-9-26-21/h2-7,9-13,24H,8,14H2,1H3,(H,30,32). The van der Waals surface area contributed by atoms with Gasteiger partial charge in [-0.3, -0.25) is 19.8 Å². The van der Waals surface area contributed by atoms with E-state index >= 15 is 0 Å². The van der Waals surface area contributed by atoms with E-state index in [4.69, 9.17) is 0 Å². The van der Waals surface area contributed by atoms with Gasteiger partial charge in [-0.05, 0) is 48.4 Å². The molecule has 0 aromatic carbocycles. The third-order valence-corrected chi connectivity index (χ3v) is 5.03. The highest BCUT2D eigenvalue weighted by atomic mass is 16.2. The summed E-state index contributed by atoms with van der Waals surface area (Å²) < 4.78 is 1.59. The number of pyridine rings is 3. The van der Waals surface area contributed by atoms with Crippen LogP contribution < -0.4 is 10.6 Å². The van der Waals surface area contributed by atoms with Gasteiger partial charge in [-0.1, -0.05) is 0 Å². The maximum absolute atomic E-state index is 12.6. The van der Waals surface area contributed by atoms with Gasteiger partial charge in [-0.2, -0.15) is 5.10 Å². The van der Waals surface area contributed by atoms with Crippen LogP contribution in [0.5, 0.6) is 0 Å². The van der Waals surface area contributed by atoms with Crippen LogP contribution in [-0.2, 0) is 11.3 Å². The number of rotatable bonds is 5. The van der Waals surface area contributed by atoms with Crippen molar-refractivity contribution in [2.24, 2.45) is 4.99 Å². The molecule has 0 aliphatic carbocycles. The van der Waals surface area contributed by atoms with E-state index in [0.717, 1.165) is 33.6 Å². The third kappa shape index (κ3) is 3.95. The number of anilines is 1. The summed E-state index contributed by atoms with van der Waals surface area (Å²) in [4.78, 5) is 30.0. The fourth-order valence-electron chi connectivity index (χ4n) is 3.54. The summed E-state index contributed by atoms with van der Waals surface area (Å²) >= 11 is 0. The molecule has 2 N–H and O–H groups in total. The molecule has 4 aromatic heterocycles. The zero-order chi connectivity index (χ0) is 21.9. The van der Waals surface area contributed by atoms with E-state index in [1.54, 1.807) is 41.8 Å². The number of amides is 1. The number of nitrogens with one attached hydrogen (secondary N) is 2. The second kappa shape index (κ2) is 8.38. The Labute approximate surface area is 184 Å². The van der Waals surface area contributed by atoms with E-state index in [2.05, 4.69) is 35.7 Å². The van der Waals surface area contributed by atoms with E-state index in [1.807, 2.05) is 37.4 Å². The summed E-state index contributed by atoms with van der Waals surface area (Å²) in [5.41, 5.74) is 5.70. The SMILES string of the molecule is Cc1cc(-c2ccnc3c2cnn3CC(=O)Nc2ccc(C3=CNCC=N3)nc2)ccn1. The van der Waals surface area contributed by atoms with Gasteiger partial charge in [0.2, 0.25) is 5.91 Å². The molecule has 1 aliphatic heterocycles. The van der Waals surface area contributed by atoms with Gasteiger partial charge >= 0.3 is 0 Å². The number of hydrogen-bond donors (Lipinski definition) is 2. The lowest BCUT2D eigenvalue weighted by Crippen LogP contribution is -2.19. The third-order valence-electron chi connectivity index (χ3n) is 5.03. The molecular weight excluding hydrogens is 404 g/mol. The van der Waals surface area contributed by atoms with Crippen molar-refractivity contribution in [2.45, 2.75) is 13.5 Å². The molecule has 0 atom stereocenters. The largest absolute Gasteiger partial charge is 0.384 e. The molecule has 0 saturated heterocycles. The van der Waals surface area contributed by atoms with Gasteiger partial charge in [0.1, 0.15) is 12.2 Å². The first-order valence-corrected chi connectivity index (χ1v) is 10.1. The minimum atomic E-state index is -0.215. The van der Waals surface area contributed by atoms with Crippen molar-refractivity contribution >= 4 is 34.5 Å². The number of hydrogen-bond acceptors (Lipinski definition) is 7. The normalized spacial score (nSPS) is 13.0. The first-order chi connectivity index (χ1) is 15.7. The first kappa shape index (κ1) is 19.6. The number of fused-ring (bicyclic) bond motifs is 1. The zero-order valence-electron chi connectivity index (χ0n) is 17.4. The molecule has 0 unspecified atom stereocenters. The van der Waals surface area contributed by atoms with Gasteiger partial charge in [-0.25, -0.2) is 9.67 Å². The predicted molar refractivity (Wildman–Crippen MR) is 123 cm³/mol. The molecule has 0 saturated carbocycles. The fourth-order valence-corrected chi connectivity index (χ4v) is 3.54. The average Bonchev–Trinajstić information content (AvgIpc) is 3.23. The molecule has 5 heterocycles. The van der Waals surface area contributed by atoms with Crippen LogP contribution in [0.15, 0.2) is 66.3 Å². The Morgan fingerprint density at radius 2 is 2.03 bits per heavy atom. The van der Waals surface area contributed by atoms with Crippen LogP contribution >= 0.6 is 0 Å². The summed E-state index contributed by atoms with van der Waals surface area (Å²) in [5, 5.41) is 11.2. The van der Waals surface area contributed by atoms with Crippen LogP contribution in [-0.4, -0.2) is 43.4 Å². The van der Waals surface area contributed by atoms with E-state index in [9.17, 15) is 4.79 Å². The molecule has 0 fully saturated rings. The smallest absolute Gasteiger partial charge is 0.246 e. The fraction of sp³-hybridized carbons (Fsp3) is 0.130. The molecule has 32 heavy (non-hydrogen) atoms. The van der Waals surface area contributed by atoms with E-state index < -0.39 is 0 Å². The molecule has 9 heteroatoms. The van der Waals surface area contributed by atoms with Crippen molar-refractivity contribution in [3.63, 3.8) is 0 Å². The quantitative estimate of drug-likeness (QED) is 0.510. The number of carbonyl (C=O) groups excluding carboxylic acids is 1. The molecular formula is C23H20N8O. The summed E-state index contributed by atoms with van der Waals surface area (Å²) in [5.74, 6) is -0.215. The Hall–Kier alpha value is -4.40. The molecule has 9 nitrogen and oxygen atoms in total. The highest BCUT2D eigenvalue weighted by Gasteiger charge is 2.13. The first-order valence-electron chi connectivity index (χ1n) is 10.1. The molecule has 0 radical (unpaired) electrons. The van der Waals surface area contributed by atoms with Gasteiger partial charge in [0.05, 0.1) is 23.8 Å². The predicted octanol–water partition coefficient (Wildman–Crippen LogP) is 2.81. The second-order valence-corrected chi connectivity index (χ2v) is 7.31. The summed E-state index contributed by atoms with van der Waals surface area (Å²) in [6.07, 6.45) is 10.5. The molecule has 5 rings (SSSR count). The molecule has 1 aliphatic rings. The molecule has 158 valence electrons. The Bertz CT molecular complexity index is 1350. The molecule has 0 bridgehead atoms. The number of aliphatic imine (C=N–C) groups is 1. The summed E-state index contributed by atoms with van der Waals surface area (Å²) in [7, 11) is 0. The van der Waals surface area contributed by atoms with Crippen LogP contribution in [0.4, 0.5) is 5.69 Å². The monoisotopic (exact) mass is 424 g/mol. The topological polar surface area (TPSA) is 110 Å². The van der Waals surface area contributed by atoms with Crippen molar-refractivity contribution in [3.05, 3.63) is 72.7 Å². The lowest BCUT2D eigenvalue weighted by Gasteiger charge is -2.09. The minimum absolute atomic E-state index is 0.0381. The molecule has 4 aromatic rings. The molecule has 1 amide bonds. The highest BCUT2D eigenvalue weighted by Crippen LogP contribution is 2.27. The highest BCUT2D eigenvalue weighted by molar-refractivity contribution is 5.94. The van der Waals surface area contributed by atoms with Gasteiger partial charge in [0.25, 0.3) is 0 Å². The van der Waals surface area contributed by atoms with Gasteiger partial charge in [0, 0.05) is 42.4 Å². The van der Waals surface area contributed by atoms with E-state index in [1.165, 1.54) is 0 Å². The Morgan fingerprint density at radius 3 is 2.81 bits per heavy atom. The second-order valence-electron chi connectivity index (χ2n) is 7.31. The van der Waals surface area contributed by atoms with Crippen LogP contribution in [0.1, 0.15) is 11.4 Å². The maximum Gasteiger partial charge on any atom is 0.246 e. The van der Waals surface area contributed by atoms with E-state index in [-0.39, 0.29) is 12.5 Å². The van der Waals surface area contributed by atoms with Crippen LogP contribution in [0.2, 0.25) is 0 Å². The van der Waals surface area contributed by atoms with Crippen molar-refractivity contribution in [3.8, 4) is 11.1 Å². The minimum Gasteiger partial charge on any atom is -0.384 e. The number of aromatic nitrogens is 5. The van der Waals surface area contributed by atoms with E-state index in [0.29, 0.717) is 17.9 Å². The number of nitrogens with zero attached hydrogens (tertiary/aromatic N) is 6. The van der Waals surface area contributed by atoms with Crippen molar-refractivity contribution in [1.82, 2.24) is 30.0 Å². The molecule has 0 spiro atoms. The maximum atomic E-state index is 12.6. The van der Waals surface area contributed by atoms with Crippen LogP contribution in [0.25, 0.3) is 27.9 Å². The lowest BCUT2D eigenvalue weighted by atomic mass is 10.0. The number of aryl methyl sites for hydroxylation is 1. The van der Waals surface area contributed by atoms with Crippen molar-refractivity contribution in [1.29, 1.82) is 0 Å². The summed E-state index contributed by atoms with van der Waals surface area (Å²) in [6, 6.07) is 9.53. The Kier molecular flexibility index (Phi) is 5.12. The van der Waals surface area contributed by atoms with Gasteiger partial charge < -0.3 is 10.6 Å². The van der Waals surface area contributed by atoms with Gasteiger partial charge in [-0.15, -0.1) is 0 Å². The van der Waals surface area contributed by atoms with Crippen molar-refractivity contribution in [2.75, 3.05) is 11.9 Å². The van der Waals surface area contributed by atoms with Crippen molar-refractivity contribution < 1.29 is 4.79 Å². The van der Waals surface area contributed by atoms with Crippen LogP contribution in [0.3, 0.4) is 0 Å². The number of carbonyl (C=O) groups is 1. The average molecular weight is 424 g/mol. The zero-order valence-corrected chi connectivity index (χ0v) is 17.4. The Balaban J connectivity index is 1.32. The summed E-state index contributed by atoms with van der Waals surface area (Å²) in [6.45, 7) is 2.70.